The summed E-state index contributed by atoms with van der Waals surface area (Å²) in [7, 11) is 0. The SMILES string of the molecule is Cc1cnc(Cl)cc1-n1c(C)cc(O)c(Cl)c1=O. The van der Waals surface area contributed by atoms with Crippen molar-refractivity contribution in [2.45, 2.75) is 13.8 Å². The van der Waals surface area contributed by atoms with Crippen LogP contribution in [-0.2, 0) is 0 Å². The molecule has 0 radical (unpaired) electrons. The largest absolute Gasteiger partial charge is 0.506 e. The van der Waals surface area contributed by atoms with Gasteiger partial charge in [-0.3, -0.25) is 9.36 Å². The molecule has 0 aromatic carbocycles. The number of halogens is 2. The van der Waals surface area contributed by atoms with Crippen LogP contribution in [0.3, 0.4) is 0 Å². The Hall–Kier alpha value is -1.52. The fourth-order valence-electron chi connectivity index (χ4n) is 1.72. The van der Waals surface area contributed by atoms with Crippen LogP contribution in [0, 0.1) is 13.8 Å². The molecule has 94 valence electrons. The number of hydrogen-bond donors (Lipinski definition) is 1. The van der Waals surface area contributed by atoms with Gasteiger partial charge in [0.2, 0.25) is 0 Å². The Morgan fingerprint density at radius 1 is 1.28 bits per heavy atom. The third-order valence-electron chi connectivity index (χ3n) is 2.60. The van der Waals surface area contributed by atoms with Crippen molar-refractivity contribution < 1.29 is 5.11 Å². The minimum atomic E-state index is -0.487. The van der Waals surface area contributed by atoms with Crippen molar-refractivity contribution in [1.29, 1.82) is 0 Å². The molecule has 0 unspecified atom stereocenters. The third kappa shape index (κ3) is 2.09. The molecule has 2 aromatic heterocycles. The van der Waals surface area contributed by atoms with E-state index < -0.39 is 5.56 Å². The van der Waals surface area contributed by atoms with Gasteiger partial charge in [-0.25, -0.2) is 4.98 Å². The number of nitrogens with zero attached hydrogens (tertiary/aromatic N) is 2. The van der Waals surface area contributed by atoms with Crippen molar-refractivity contribution >= 4 is 23.2 Å². The zero-order chi connectivity index (χ0) is 13.4. The van der Waals surface area contributed by atoms with Crippen LogP contribution in [0.25, 0.3) is 5.69 Å². The Labute approximate surface area is 113 Å². The summed E-state index contributed by atoms with van der Waals surface area (Å²) in [6.07, 6.45) is 1.57. The molecule has 1 N–H and O–H groups in total. The summed E-state index contributed by atoms with van der Waals surface area (Å²) in [6, 6.07) is 3.01. The Kier molecular flexibility index (Phi) is 3.32. The predicted octanol–water partition coefficient (Wildman–Crippen LogP) is 2.86. The highest BCUT2D eigenvalue weighted by Crippen LogP contribution is 2.23. The first-order chi connectivity index (χ1) is 8.41. The summed E-state index contributed by atoms with van der Waals surface area (Å²) < 4.78 is 1.39. The lowest BCUT2D eigenvalue weighted by Gasteiger charge is -2.13. The Balaban J connectivity index is 2.84. The number of aryl methyl sites for hydroxylation is 2. The maximum Gasteiger partial charge on any atom is 0.277 e. The van der Waals surface area contributed by atoms with E-state index in [0.29, 0.717) is 11.4 Å². The zero-order valence-corrected chi connectivity index (χ0v) is 11.2. The van der Waals surface area contributed by atoms with E-state index in [1.165, 1.54) is 10.6 Å². The van der Waals surface area contributed by atoms with E-state index >= 15 is 0 Å². The van der Waals surface area contributed by atoms with E-state index in [1.807, 2.05) is 6.92 Å². The van der Waals surface area contributed by atoms with Crippen molar-refractivity contribution in [1.82, 2.24) is 9.55 Å². The lowest BCUT2D eigenvalue weighted by Crippen LogP contribution is -2.21. The average molecular weight is 285 g/mol. The fraction of sp³-hybridized carbons (Fsp3) is 0.167. The molecule has 0 aliphatic heterocycles. The van der Waals surface area contributed by atoms with Crippen LogP contribution in [0.4, 0.5) is 0 Å². The highest BCUT2D eigenvalue weighted by Gasteiger charge is 2.13. The first-order valence-corrected chi connectivity index (χ1v) is 5.91. The quantitative estimate of drug-likeness (QED) is 0.820. The summed E-state index contributed by atoms with van der Waals surface area (Å²) in [5, 5.41) is 9.56. The molecule has 0 spiro atoms. The molecule has 18 heavy (non-hydrogen) atoms. The molecule has 2 heterocycles. The number of aromatic hydroxyl groups is 1. The molecule has 0 bridgehead atoms. The maximum atomic E-state index is 12.1. The van der Waals surface area contributed by atoms with Crippen LogP contribution < -0.4 is 5.56 Å². The molecule has 0 aliphatic carbocycles. The topological polar surface area (TPSA) is 55.1 Å². The predicted molar refractivity (Wildman–Crippen MR) is 71.0 cm³/mol. The van der Waals surface area contributed by atoms with Gasteiger partial charge in [-0.2, -0.15) is 0 Å². The van der Waals surface area contributed by atoms with E-state index in [0.717, 1.165) is 5.56 Å². The van der Waals surface area contributed by atoms with E-state index in [-0.39, 0.29) is 15.9 Å². The van der Waals surface area contributed by atoms with Gasteiger partial charge in [-0.05, 0) is 25.5 Å². The van der Waals surface area contributed by atoms with Gasteiger partial charge in [0.05, 0.1) is 5.69 Å². The summed E-state index contributed by atoms with van der Waals surface area (Å²) in [4.78, 5) is 16.0. The molecule has 0 amide bonds. The first-order valence-electron chi connectivity index (χ1n) is 5.15. The van der Waals surface area contributed by atoms with Gasteiger partial charge in [-0.15, -0.1) is 0 Å². The van der Waals surface area contributed by atoms with Crippen LogP contribution in [0.2, 0.25) is 10.2 Å². The Bertz CT molecular complexity index is 681. The molecular weight excluding hydrogens is 275 g/mol. The van der Waals surface area contributed by atoms with Crippen LogP contribution >= 0.6 is 23.2 Å². The Morgan fingerprint density at radius 2 is 1.94 bits per heavy atom. The molecule has 0 aliphatic rings. The Morgan fingerprint density at radius 3 is 2.61 bits per heavy atom. The zero-order valence-electron chi connectivity index (χ0n) is 9.74. The van der Waals surface area contributed by atoms with E-state index in [2.05, 4.69) is 4.98 Å². The maximum absolute atomic E-state index is 12.1. The summed E-state index contributed by atoms with van der Waals surface area (Å²) in [5.74, 6) is -0.228. The smallest absolute Gasteiger partial charge is 0.277 e. The molecule has 6 heteroatoms. The van der Waals surface area contributed by atoms with Gasteiger partial charge < -0.3 is 5.11 Å². The van der Waals surface area contributed by atoms with E-state index in [9.17, 15) is 9.90 Å². The van der Waals surface area contributed by atoms with Crippen LogP contribution in [0.5, 0.6) is 5.75 Å². The second-order valence-corrected chi connectivity index (χ2v) is 4.68. The number of pyridine rings is 2. The molecule has 2 rings (SSSR count). The molecule has 0 saturated carbocycles. The molecule has 0 saturated heterocycles. The van der Waals surface area contributed by atoms with Gasteiger partial charge in [0.15, 0.2) is 0 Å². The average Bonchev–Trinajstić information content (AvgIpc) is 2.31. The molecule has 2 aromatic rings. The van der Waals surface area contributed by atoms with Gasteiger partial charge in [0.25, 0.3) is 5.56 Å². The van der Waals surface area contributed by atoms with Crippen LogP contribution in [-0.4, -0.2) is 14.7 Å². The lowest BCUT2D eigenvalue weighted by atomic mass is 10.2. The molecular formula is C12H10Cl2N2O2. The van der Waals surface area contributed by atoms with Gasteiger partial charge >= 0.3 is 0 Å². The summed E-state index contributed by atoms with van der Waals surface area (Å²) in [6.45, 7) is 3.51. The van der Waals surface area contributed by atoms with Gasteiger partial charge in [0, 0.05) is 18.0 Å². The van der Waals surface area contributed by atoms with E-state index in [4.69, 9.17) is 23.2 Å². The van der Waals surface area contributed by atoms with Crippen molar-refractivity contribution in [3.05, 3.63) is 50.1 Å². The normalized spacial score (nSPS) is 10.7. The van der Waals surface area contributed by atoms with Crippen molar-refractivity contribution in [3.8, 4) is 11.4 Å². The summed E-state index contributed by atoms with van der Waals surface area (Å²) >= 11 is 11.6. The van der Waals surface area contributed by atoms with Gasteiger partial charge in [0.1, 0.15) is 15.9 Å². The van der Waals surface area contributed by atoms with Gasteiger partial charge in [-0.1, -0.05) is 23.2 Å². The summed E-state index contributed by atoms with van der Waals surface area (Å²) in [5.41, 5.74) is 1.46. The number of hydrogen-bond acceptors (Lipinski definition) is 3. The standard InChI is InChI=1S/C12H10Cl2N2O2/c1-6-5-15-10(13)4-8(6)16-7(2)3-9(17)11(14)12(16)18/h3-5,17H,1-2H3. The van der Waals surface area contributed by atoms with Crippen molar-refractivity contribution in [2.24, 2.45) is 0 Å². The fourth-order valence-corrected chi connectivity index (χ4v) is 2.01. The highest BCUT2D eigenvalue weighted by molar-refractivity contribution is 6.31. The van der Waals surface area contributed by atoms with Crippen molar-refractivity contribution in [2.75, 3.05) is 0 Å². The minimum absolute atomic E-state index is 0.215. The first kappa shape index (κ1) is 12.9. The minimum Gasteiger partial charge on any atom is -0.506 e. The van der Waals surface area contributed by atoms with Crippen molar-refractivity contribution in [3.63, 3.8) is 0 Å². The number of aromatic nitrogens is 2. The van der Waals surface area contributed by atoms with E-state index in [1.54, 1.807) is 19.2 Å². The second kappa shape index (κ2) is 4.63. The number of rotatable bonds is 1. The second-order valence-electron chi connectivity index (χ2n) is 3.92. The third-order valence-corrected chi connectivity index (χ3v) is 3.16. The van der Waals surface area contributed by atoms with Crippen LogP contribution in [0.1, 0.15) is 11.3 Å². The molecule has 0 fully saturated rings. The lowest BCUT2D eigenvalue weighted by molar-refractivity contribution is 0.472. The highest BCUT2D eigenvalue weighted by atomic mass is 35.5. The molecule has 0 atom stereocenters. The van der Waals surface area contributed by atoms with Crippen LogP contribution in [0.15, 0.2) is 23.1 Å². The monoisotopic (exact) mass is 284 g/mol. The molecule has 4 nitrogen and oxygen atoms in total.